The highest BCUT2D eigenvalue weighted by molar-refractivity contribution is 5.93. The van der Waals surface area contributed by atoms with Crippen LogP contribution in [0.1, 0.15) is 50.2 Å². The number of para-hydroxylation sites is 1. The molecule has 1 N–H and O–H groups in total. The zero-order valence-electron chi connectivity index (χ0n) is 18.5. The van der Waals surface area contributed by atoms with Crippen LogP contribution in [0, 0.1) is 0 Å². The second kappa shape index (κ2) is 11.6. The number of carbonyl (C=O) groups is 1. The first-order valence-electron chi connectivity index (χ1n) is 11.2. The van der Waals surface area contributed by atoms with E-state index >= 15 is 0 Å². The molecule has 2 aromatic carbocycles. The van der Waals surface area contributed by atoms with Gasteiger partial charge in [0.05, 0.1) is 6.61 Å². The number of fused-ring (bicyclic) bond motifs is 1. The van der Waals surface area contributed by atoms with Crippen molar-refractivity contribution in [3.63, 3.8) is 0 Å². The molecular formula is C26H33NO4. The molecule has 5 nitrogen and oxygen atoms in total. The Balaban J connectivity index is 1.65. The van der Waals surface area contributed by atoms with Gasteiger partial charge in [-0.05, 0) is 60.6 Å². The van der Waals surface area contributed by atoms with Gasteiger partial charge in [0.25, 0.3) is 0 Å². The maximum atomic E-state index is 11.5. The lowest BCUT2D eigenvalue weighted by atomic mass is 9.97. The summed E-state index contributed by atoms with van der Waals surface area (Å²) in [6.45, 7) is 7.98. The number of carboxylic acid groups (broad SMARTS) is 1. The zero-order valence-corrected chi connectivity index (χ0v) is 18.5. The van der Waals surface area contributed by atoms with Gasteiger partial charge in [0, 0.05) is 31.0 Å². The van der Waals surface area contributed by atoms with Crippen LogP contribution >= 0.6 is 0 Å². The summed E-state index contributed by atoms with van der Waals surface area (Å²) in [5, 5.41) is 9.46. The lowest BCUT2D eigenvalue weighted by molar-refractivity contribution is -0.132. The average Bonchev–Trinajstić information content (AvgIpc) is 2.76. The van der Waals surface area contributed by atoms with Crippen LogP contribution in [-0.2, 0) is 9.53 Å². The molecule has 0 fully saturated rings. The van der Waals surface area contributed by atoms with Crippen molar-refractivity contribution in [2.75, 3.05) is 37.8 Å². The summed E-state index contributed by atoms with van der Waals surface area (Å²) in [7, 11) is 0. The normalized spacial score (nSPS) is 16.5. The summed E-state index contributed by atoms with van der Waals surface area (Å²) in [5.41, 5.74) is 3.81. The fourth-order valence-corrected chi connectivity index (χ4v) is 3.89. The maximum absolute atomic E-state index is 11.5. The molecule has 1 heterocycles. The maximum Gasteiger partial charge on any atom is 0.331 e. The number of aliphatic carboxylic acids is 1. The lowest BCUT2D eigenvalue weighted by Gasteiger charge is -2.31. The fourth-order valence-electron chi connectivity index (χ4n) is 3.89. The van der Waals surface area contributed by atoms with Crippen molar-refractivity contribution in [3.8, 4) is 5.75 Å². The highest BCUT2D eigenvalue weighted by Crippen LogP contribution is 2.30. The number of anilines is 1. The van der Waals surface area contributed by atoms with Crippen molar-refractivity contribution in [1.82, 2.24) is 0 Å². The Kier molecular flexibility index (Phi) is 8.53. The van der Waals surface area contributed by atoms with Crippen LogP contribution in [0.5, 0.6) is 5.75 Å². The molecule has 0 saturated carbocycles. The Morgan fingerprint density at radius 1 is 1.10 bits per heavy atom. The van der Waals surface area contributed by atoms with Crippen molar-refractivity contribution in [3.05, 3.63) is 65.2 Å². The van der Waals surface area contributed by atoms with Gasteiger partial charge in [0.15, 0.2) is 0 Å². The first-order chi connectivity index (χ1) is 15.1. The number of nitrogens with zero attached hydrogens (tertiary/aromatic N) is 1. The van der Waals surface area contributed by atoms with Crippen LogP contribution < -0.4 is 9.64 Å². The van der Waals surface area contributed by atoms with Crippen LogP contribution in [-0.4, -0.2) is 44.0 Å². The van der Waals surface area contributed by atoms with E-state index in [1.165, 1.54) is 5.56 Å². The quantitative estimate of drug-likeness (QED) is 0.521. The standard InChI is InChI=1S/C26H33NO4/c1-3-15-30-16-17-31-24-12-10-21(11-13-24)20(2)19-27-14-6-8-23(26(28)29)18-22-7-4-5-9-25(22)27/h4-5,7,9-13,18,20H,3,6,8,14-17,19H2,1-2H3,(H,28,29)/b23-18+. The highest BCUT2D eigenvalue weighted by Gasteiger charge is 2.19. The van der Waals surface area contributed by atoms with E-state index in [1.54, 1.807) is 0 Å². The van der Waals surface area contributed by atoms with Gasteiger partial charge in [-0.3, -0.25) is 0 Å². The molecule has 1 aliphatic rings. The topological polar surface area (TPSA) is 59.0 Å². The number of ether oxygens (including phenoxy) is 2. The summed E-state index contributed by atoms with van der Waals surface area (Å²) >= 11 is 0. The molecule has 166 valence electrons. The van der Waals surface area contributed by atoms with Crippen LogP contribution in [0.4, 0.5) is 5.69 Å². The molecule has 0 aromatic heterocycles. The van der Waals surface area contributed by atoms with Gasteiger partial charge in [-0.1, -0.05) is 44.2 Å². The molecule has 3 rings (SSSR count). The van der Waals surface area contributed by atoms with E-state index in [2.05, 4.69) is 36.9 Å². The van der Waals surface area contributed by atoms with E-state index in [0.29, 0.717) is 31.1 Å². The Hall–Kier alpha value is -2.79. The Morgan fingerprint density at radius 2 is 1.87 bits per heavy atom. The third-order valence-corrected chi connectivity index (χ3v) is 5.54. The molecular weight excluding hydrogens is 390 g/mol. The van der Waals surface area contributed by atoms with E-state index in [4.69, 9.17) is 9.47 Å². The van der Waals surface area contributed by atoms with Gasteiger partial charge in [-0.2, -0.15) is 0 Å². The molecule has 5 heteroatoms. The molecule has 0 amide bonds. The van der Waals surface area contributed by atoms with Crippen molar-refractivity contribution >= 4 is 17.7 Å². The number of rotatable bonds is 10. The summed E-state index contributed by atoms with van der Waals surface area (Å²) in [6, 6.07) is 16.4. The van der Waals surface area contributed by atoms with Gasteiger partial charge < -0.3 is 19.5 Å². The van der Waals surface area contributed by atoms with Crippen molar-refractivity contribution in [2.24, 2.45) is 0 Å². The second-order valence-corrected chi connectivity index (χ2v) is 8.01. The smallest absolute Gasteiger partial charge is 0.331 e. The zero-order chi connectivity index (χ0) is 22.1. The number of hydrogen-bond acceptors (Lipinski definition) is 4. The third-order valence-electron chi connectivity index (χ3n) is 5.54. The van der Waals surface area contributed by atoms with E-state index in [0.717, 1.165) is 49.5 Å². The number of hydrogen-bond donors (Lipinski definition) is 1. The molecule has 2 aromatic rings. The predicted molar refractivity (Wildman–Crippen MR) is 125 cm³/mol. The lowest BCUT2D eigenvalue weighted by Crippen LogP contribution is -2.30. The molecule has 0 bridgehead atoms. The van der Waals surface area contributed by atoms with Crippen LogP contribution in [0.3, 0.4) is 0 Å². The van der Waals surface area contributed by atoms with Gasteiger partial charge in [-0.25, -0.2) is 4.79 Å². The molecule has 31 heavy (non-hydrogen) atoms. The number of benzene rings is 2. The third kappa shape index (κ3) is 6.59. The molecule has 0 radical (unpaired) electrons. The minimum Gasteiger partial charge on any atom is -0.491 e. The van der Waals surface area contributed by atoms with E-state index < -0.39 is 5.97 Å². The first-order valence-corrected chi connectivity index (χ1v) is 11.2. The Labute approximate surface area is 185 Å². The van der Waals surface area contributed by atoms with Gasteiger partial charge >= 0.3 is 5.97 Å². The SMILES string of the molecule is CCCOCCOc1ccc(C(C)CN2CCC/C(C(=O)O)=C\c3ccccc32)cc1. The molecule has 0 aliphatic carbocycles. The highest BCUT2D eigenvalue weighted by atomic mass is 16.5. The van der Waals surface area contributed by atoms with Crippen LogP contribution in [0.25, 0.3) is 6.08 Å². The largest absolute Gasteiger partial charge is 0.491 e. The Morgan fingerprint density at radius 3 is 2.61 bits per heavy atom. The predicted octanol–water partition coefficient (Wildman–Crippen LogP) is 5.36. The molecule has 1 aliphatic heterocycles. The molecule has 0 saturated heterocycles. The first kappa shape index (κ1) is 22.9. The fraction of sp³-hybridized carbons (Fsp3) is 0.423. The average molecular weight is 424 g/mol. The van der Waals surface area contributed by atoms with Crippen molar-refractivity contribution < 1.29 is 19.4 Å². The van der Waals surface area contributed by atoms with Gasteiger partial charge in [0.2, 0.25) is 0 Å². The summed E-state index contributed by atoms with van der Waals surface area (Å²) in [6.07, 6.45) is 4.25. The van der Waals surface area contributed by atoms with Crippen LogP contribution in [0.15, 0.2) is 54.1 Å². The van der Waals surface area contributed by atoms with E-state index in [-0.39, 0.29) is 0 Å². The van der Waals surface area contributed by atoms with E-state index in [1.807, 2.05) is 36.4 Å². The van der Waals surface area contributed by atoms with Crippen LogP contribution in [0.2, 0.25) is 0 Å². The monoisotopic (exact) mass is 423 g/mol. The minimum atomic E-state index is -0.823. The summed E-state index contributed by atoms with van der Waals surface area (Å²) in [4.78, 5) is 13.9. The molecule has 0 spiro atoms. The summed E-state index contributed by atoms with van der Waals surface area (Å²) in [5.74, 6) is 0.368. The van der Waals surface area contributed by atoms with Crippen molar-refractivity contribution in [2.45, 2.75) is 39.0 Å². The number of carboxylic acids is 1. The van der Waals surface area contributed by atoms with Gasteiger partial charge in [0.1, 0.15) is 12.4 Å². The minimum absolute atomic E-state index is 0.331. The van der Waals surface area contributed by atoms with Gasteiger partial charge in [-0.15, -0.1) is 0 Å². The molecule has 1 atom stereocenters. The van der Waals surface area contributed by atoms with E-state index in [9.17, 15) is 9.90 Å². The second-order valence-electron chi connectivity index (χ2n) is 8.01. The molecule has 1 unspecified atom stereocenters. The van der Waals surface area contributed by atoms with Crippen molar-refractivity contribution in [1.29, 1.82) is 0 Å². The Bertz CT molecular complexity index is 875. The summed E-state index contributed by atoms with van der Waals surface area (Å²) < 4.78 is 11.2.